The van der Waals surface area contributed by atoms with Crippen molar-refractivity contribution in [2.75, 3.05) is 7.11 Å². The summed E-state index contributed by atoms with van der Waals surface area (Å²) >= 11 is 0. The number of hydrogen-bond donors (Lipinski definition) is 1. The van der Waals surface area contributed by atoms with E-state index in [1.807, 2.05) is 0 Å². The molecule has 0 aliphatic heterocycles. The van der Waals surface area contributed by atoms with Gasteiger partial charge in [-0.3, -0.25) is 0 Å². The first-order chi connectivity index (χ1) is 13.3. The van der Waals surface area contributed by atoms with Gasteiger partial charge in [-0.25, -0.2) is 0 Å². The van der Waals surface area contributed by atoms with E-state index < -0.39 is 0 Å². The number of aryl methyl sites for hydroxylation is 1. The molecule has 0 saturated carbocycles. The molecule has 5 rings (SSSR count). The molecule has 0 amide bonds. The zero-order valence-electron chi connectivity index (χ0n) is 15.8. The summed E-state index contributed by atoms with van der Waals surface area (Å²) in [7, 11) is 1.00. The third-order valence-electron chi connectivity index (χ3n) is 4.62. The third-order valence-corrected chi connectivity index (χ3v) is 4.62. The summed E-state index contributed by atoms with van der Waals surface area (Å²) in [6.07, 6.45) is 0. The first-order valence-electron chi connectivity index (χ1n) is 9.08. The molecule has 0 unspecified atom stereocenters. The lowest BCUT2D eigenvalue weighted by molar-refractivity contribution is 0.399. The van der Waals surface area contributed by atoms with E-state index in [0.29, 0.717) is 0 Å². The van der Waals surface area contributed by atoms with Crippen LogP contribution >= 0.6 is 0 Å². The normalized spacial score (nSPS) is 10.0. The van der Waals surface area contributed by atoms with Crippen LogP contribution in [0.3, 0.4) is 0 Å². The van der Waals surface area contributed by atoms with Crippen LogP contribution in [-0.2, 0) is 0 Å². The summed E-state index contributed by atoms with van der Waals surface area (Å²) in [5.41, 5.74) is 1.35. The summed E-state index contributed by atoms with van der Waals surface area (Å²) < 4.78 is 0. The zero-order chi connectivity index (χ0) is 19.1. The maximum atomic E-state index is 7.00. The zero-order valence-corrected chi connectivity index (χ0v) is 15.8. The molecule has 0 fully saturated rings. The van der Waals surface area contributed by atoms with E-state index in [9.17, 15) is 0 Å². The van der Waals surface area contributed by atoms with E-state index in [0.717, 1.165) is 7.11 Å². The van der Waals surface area contributed by atoms with Gasteiger partial charge in [0.15, 0.2) is 0 Å². The van der Waals surface area contributed by atoms with Crippen LogP contribution in [0, 0.1) is 6.92 Å². The molecular formula is C26H24O. The highest BCUT2D eigenvalue weighted by atomic mass is 16.2. The fourth-order valence-electron chi connectivity index (χ4n) is 3.27. The lowest BCUT2D eigenvalue weighted by Crippen LogP contribution is -1.75. The molecule has 27 heavy (non-hydrogen) atoms. The topological polar surface area (TPSA) is 20.2 Å². The van der Waals surface area contributed by atoms with E-state index >= 15 is 0 Å². The van der Waals surface area contributed by atoms with Crippen molar-refractivity contribution in [3.63, 3.8) is 0 Å². The Morgan fingerprint density at radius 2 is 0.815 bits per heavy atom. The number of fused-ring (bicyclic) bond motifs is 3. The molecule has 0 aliphatic carbocycles. The van der Waals surface area contributed by atoms with Crippen molar-refractivity contribution in [2.24, 2.45) is 0 Å². The number of aliphatic hydroxyl groups is 1. The van der Waals surface area contributed by atoms with Crippen molar-refractivity contribution in [1.29, 1.82) is 0 Å². The van der Waals surface area contributed by atoms with Gasteiger partial charge in [-0.2, -0.15) is 0 Å². The second-order valence-electron chi connectivity index (χ2n) is 6.34. The molecule has 134 valence electrons. The van der Waals surface area contributed by atoms with E-state index in [1.165, 1.54) is 37.9 Å². The smallest absolute Gasteiger partial charge is 0.0319 e. The van der Waals surface area contributed by atoms with Gasteiger partial charge in [-0.15, -0.1) is 0 Å². The van der Waals surface area contributed by atoms with Crippen molar-refractivity contribution < 1.29 is 5.11 Å². The van der Waals surface area contributed by atoms with Crippen LogP contribution < -0.4 is 0 Å². The predicted octanol–water partition coefficient (Wildman–Crippen LogP) is 6.75. The lowest BCUT2D eigenvalue weighted by atomic mass is 10.0. The van der Waals surface area contributed by atoms with Crippen molar-refractivity contribution in [2.45, 2.75) is 6.92 Å². The van der Waals surface area contributed by atoms with E-state index in [-0.39, 0.29) is 0 Å². The van der Waals surface area contributed by atoms with Crippen LogP contribution in [0.15, 0.2) is 103 Å². The van der Waals surface area contributed by atoms with Gasteiger partial charge in [0.05, 0.1) is 0 Å². The van der Waals surface area contributed by atoms with Crippen molar-refractivity contribution in [3.8, 4) is 0 Å². The third kappa shape index (κ3) is 4.33. The summed E-state index contributed by atoms with van der Waals surface area (Å²) in [6.45, 7) is 2.14. The molecule has 5 aromatic rings. The van der Waals surface area contributed by atoms with Gasteiger partial charge < -0.3 is 5.11 Å². The summed E-state index contributed by atoms with van der Waals surface area (Å²) in [4.78, 5) is 0. The number of rotatable bonds is 0. The number of benzene rings is 5. The van der Waals surface area contributed by atoms with Gasteiger partial charge in [-0.1, -0.05) is 91.0 Å². The minimum absolute atomic E-state index is 1.00. The Bertz CT molecular complexity index is 1050. The number of aliphatic hydroxyl groups excluding tert-OH is 1. The Kier molecular flexibility index (Phi) is 6.19. The van der Waals surface area contributed by atoms with E-state index in [1.54, 1.807) is 0 Å². The predicted molar refractivity (Wildman–Crippen MR) is 118 cm³/mol. The minimum Gasteiger partial charge on any atom is -0.400 e. The molecule has 1 heteroatoms. The van der Waals surface area contributed by atoms with Gasteiger partial charge in [0.1, 0.15) is 0 Å². The Morgan fingerprint density at radius 1 is 0.444 bits per heavy atom. The van der Waals surface area contributed by atoms with Gasteiger partial charge >= 0.3 is 0 Å². The molecule has 0 saturated heterocycles. The van der Waals surface area contributed by atoms with Gasteiger partial charge in [0.25, 0.3) is 0 Å². The molecule has 0 bridgehead atoms. The molecule has 0 aromatic heterocycles. The number of hydrogen-bond acceptors (Lipinski definition) is 1. The monoisotopic (exact) mass is 352 g/mol. The molecule has 0 atom stereocenters. The Labute approximate surface area is 160 Å². The maximum Gasteiger partial charge on any atom is 0.0319 e. The minimum atomic E-state index is 1.00. The maximum absolute atomic E-state index is 7.00. The van der Waals surface area contributed by atoms with E-state index in [4.69, 9.17) is 5.11 Å². The quantitative estimate of drug-likeness (QED) is 0.306. The second kappa shape index (κ2) is 8.98. The fourth-order valence-corrected chi connectivity index (χ4v) is 3.27. The molecule has 5 aromatic carbocycles. The van der Waals surface area contributed by atoms with Crippen molar-refractivity contribution in [3.05, 3.63) is 109 Å². The fraction of sp³-hybridized carbons (Fsp3) is 0.0769. The van der Waals surface area contributed by atoms with Crippen LogP contribution in [0.5, 0.6) is 0 Å². The van der Waals surface area contributed by atoms with Crippen molar-refractivity contribution >= 4 is 32.3 Å². The second-order valence-corrected chi connectivity index (χ2v) is 6.34. The molecule has 0 heterocycles. The molecule has 1 N–H and O–H groups in total. The molecule has 0 spiro atoms. The first kappa shape index (κ1) is 18.6. The largest absolute Gasteiger partial charge is 0.400 e. The van der Waals surface area contributed by atoms with Gasteiger partial charge in [-0.05, 0) is 56.9 Å². The van der Waals surface area contributed by atoms with Gasteiger partial charge in [0, 0.05) is 7.11 Å². The molecule has 1 nitrogen and oxygen atoms in total. The summed E-state index contributed by atoms with van der Waals surface area (Å²) in [5.74, 6) is 0. The first-order valence-corrected chi connectivity index (χ1v) is 9.08. The van der Waals surface area contributed by atoms with Crippen LogP contribution in [0.2, 0.25) is 0 Å². The molecule has 0 radical (unpaired) electrons. The van der Waals surface area contributed by atoms with Crippen LogP contribution in [0.25, 0.3) is 32.3 Å². The SMILES string of the molecule is CO.Cc1cccc2ccccc12.c1ccc2cc3ccccc3cc2c1. The average molecular weight is 352 g/mol. The lowest BCUT2D eigenvalue weighted by Gasteiger charge is -2.00. The Balaban J connectivity index is 0.000000147. The Hall–Kier alpha value is -3.16. The van der Waals surface area contributed by atoms with E-state index in [2.05, 4.69) is 110 Å². The highest BCUT2D eigenvalue weighted by Gasteiger charge is 1.95. The highest BCUT2D eigenvalue weighted by Crippen LogP contribution is 2.22. The summed E-state index contributed by atoms with van der Waals surface area (Å²) in [5, 5.41) is 14.9. The van der Waals surface area contributed by atoms with Gasteiger partial charge in [0.2, 0.25) is 0 Å². The standard InChI is InChI=1S/C14H10.C11H10.CH4O/c1-2-6-12-10-14-8-4-3-7-13(14)9-11(12)5-1;1-9-5-4-7-10-6-2-3-8-11(9)10;1-2/h1-10H;2-8H,1H3;2H,1H3. The molecule has 0 aliphatic rings. The average Bonchev–Trinajstić information content (AvgIpc) is 2.74. The highest BCUT2D eigenvalue weighted by molar-refractivity contribution is 5.98. The van der Waals surface area contributed by atoms with Crippen LogP contribution in [0.1, 0.15) is 5.56 Å². The molecular weight excluding hydrogens is 328 g/mol. The van der Waals surface area contributed by atoms with Crippen molar-refractivity contribution in [1.82, 2.24) is 0 Å². The Morgan fingerprint density at radius 3 is 1.26 bits per heavy atom. The van der Waals surface area contributed by atoms with Crippen LogP contribution in [-0.4, -0.2) is 12.2 Å². The summed E-state index contributed by atoms with van der Waals surface area (Å²) in [6, 6.07) is 36.2. The van der Waals surface area contributed by atoms with Crippen LogP contribution in [0.4, 0.5) is 0 Å².